The molecule has 1 heterocycles. The third kappa shape index (κ3) is 4.15. The van der Waals surface area contributed by atoms with E-state index in [1.807, 2.05) is 6.07 Å². The SMILES string of the molecule is Cc1c(C(=O)OCC(=O)Nc2ccc([N+](=O)[O-])cc2Cl)oc2ccc(Br)cc12. The number of non-ortho nitro benzene ring substituents is 1. The largest absolute Gasteiger partial charge is 0.450 e. The minimum Gasteiger partial charge on any atom is -0.450 e. The summed E-state index contributed by atoms with van der Waals surface area (Å²) in [6.07, 6.45) is 0. The van der Waals surface area contributed by atoms with E-state index < -0.39 is 23.4 Å². The van der Waals surface area contributed by atoms with Crippen molar-refractivity contribution in [2.75, 3.05) is 11.9 Å². The van der Waals surface area contributed by atoms with E-state index >= 15 is 0 Å². The molecule has 0 fully saturated rings. The van der Waals surface area contributed by atoms with E-state index in [1.54, 1.807) is 19.1 Å². The predicted molar refractivity (Wildman–Crippen MR) is 106 cm³/mol. The monoisotopic (exact) mass is 466 g/mol. The predicted octanol–water partition coefficient (Wildman–Crippen LogP) is 4.86. The van der Waals surface area contributed by atoms with Gasteiger partial charge in [0.25, 0.3) is 11.6 Å². The molecule has 1 N–H and O–H groups in total. The van der Waals surface area contributed by atoms with Crippen LogP contribution >= 0.6 is 27.5 Å². The smallest absolute Gasteiger partial charge is 0.375 e. The summed E-state index contributed by atoms with van der Waals surface area (Å²) in [6, 6.07) is 8.91. The van der Waals surface area contributed by atoms with E-state index in [9.17, 15) is 19.7 Å². The number of rotatable bonds is 5. The number of esters is 1. The molecular formula is C18H12BrClN2O6. The zero-order valence-electron chi connectivity index (χ0n) is 14.3. The first kappa shape index (κ1) is 19.8. The quantitative estimate of drug-likeness (QED) is 0.326. The highest BCUT2D eigenvalue weighted by atomic mass is 79.9. The summed E-state index contributed by atoms with van der Waals surface area (Å²) < 4.78 is 11.3. The highest BCUT2D eigenvalue weighted by Gasteiger charge is 2.20. The molecule has 1 amide bonds. The van der Waals surface area contributed by atoms with Gasteiger partial charge in [-0.15, -0.1) is 0 Å². The molecule has 3 rings (SSSR count). The minimum atomic E-state index is -0.783. The van der Waals surface area contributed by atoms with Gasteiger partial charge in [-0.3, -0.25) is 14.9 Å². The first-order valence-corrected chi connectivity index (χ1v) is 9.03. The molecule has 0 bridgehead atoms. The number of ether oxygens (including phenoxy) is 1. The van der Waals surface area contributed by atoms with Gasteiger partial charge in [-0.2, -0.15) is 0 Å². The number of benzene rings is 2. The number of aryl methyl sites for hydroxylation is 1. The molecule has 1 aromatic heterocycles. The van der Waals surface area contributed by atoms with Crippen LogP contribution in [0.15, 0.2) is 45.3 Å². The topological polar surface area (TPSA) is 112 Å². The normalized spacial score (nSPS) is 10.7. The maximum absolute atomic E-state index is 12.3. The molecule has 2 aromatic carbocycles. The van der Waals surface area contributed by atoms with Gasteiger partial charge in [0.1, 0.15) is 5.58 Å². The van der Waals surface area contributed by atoms with Crippen LogP contribution in [0.3, 0.4) is 0 Å². The van der Waals surface area contributed by atoms with Crippen molar-refractivity contribution >= 4 is 61.8 Å². The van der Waals surface area contributed by atoms with E-state index in [1.165, 1.54) is 12.1 Å². The third-order valence-electron chi connectivity index (χ3n) is 3.86. The lowest BCUT2D eigenvalue weighted by Gasteiger charge is -2.07. The van der Waals surface area contributed by atoms with Crippen molar-refractivity contribution in [3.63, 3.8) is 0 Å². The molecule has 10 heteroatoms. The van der Waals surface area contributed by atoms with Gasteiger partial charge in [-0.25, -0.2) is 4.79 Å². The number of nitro benzene ring substituents is 1. The van der Waals surface area contributed by atoms with Gasteiger partial charge in [-0.05, 0) is 31.2 Å². The fourth-order valence-electron chi connectivity index (χ4n) is 2.49. The first-order chi connectivity index (χ1) is 13.3. The van der Waals surface area contributed by atoms with Gasteiger partial charge in [0.2, 0.25) is 5.76 Å². The van der Waals surface area contributed by atoms with Crippen LogP contribution in [0.25, 0.3) is 11.0 Å². The number of nitrogens with one attached hydrogen (secondary N) is 1. The fraction of sp³-hybridized carbons (Fsp3) is 0.111. The molecule has 8 nitrogen and oxygen atoms in total. The molecule has 0 atom stereocenters. The van der Waals surface area contributed by atoms with E-state index in [-0.39, 0.29) is 22.2 Å². The number of furan rings is 1. The van der Waals surface area contributed by atoms with Gasteiger partial charge in [0, 0.05) is 27.6 Å². The van der Waals surface area contributed by atoms with Gasteiger partial charge >= 0.3 is 5.97 Å². The van der Waals surface area contributed by atoms with Crippen LogP contribution in [0.5, 0.6) is 0 Å². The van der Waals surface area contributed by atoms with Crippen LogP contribution in [0.1, 0.15) is 16.1 Å². The summed E-state index contributed by atoms with van der Waals surface area (Å²) in [4.78, 5) is 34.4. The van der Waals surface area contributed by atoms with Crippen molar-refractivity contribution in [3.05, 3.63) is 67.3 Å². The lowest BCUT2D eigenvalue weighted by atomic mass is 10.1. The molecule has 0 spiro atoms. The van der Waals surface area contributed by atoms with Crippen molar-refractivity contribution < 1.29 is 23.7 Å². The van der Waals surface area contributed by atoms with Crippen molar-refractivity contribution in [2.45, 2.75) is 6.92 Å². The van der Waals surface area contributed by atoms with Crippen LogP contribution in [0.2, 0.25) is 5.02 Å². The summed E-state index contributed by atoms with van der Waals surface area (Å²) in [5, 5.41) is 13.9. The molecule has 0 saturated carbocycles. The molecular weight excluding hydrogens is 456 g/mol. The number of hydrogen-bond donors (Lipinski definition) is 1. The van der Waals surface area contributed by atoms with Crippen LogP contribution in [-0.2, 0) is 9.53 Å². The van der Waals surface area contributed by atoms with Crippen molar-refractivity contribution in [1.29, 1.82) is 0 Å². The first-order valence-electron chi connectivity index (χ1n) is 7.86. The summed E-state index contributed by atoms with van der Waals surface area (Å²) in [5.74, 6) is -1.43. The second kappa shape index (κ2) is 7.99. The average molecular weight is 468 g/mol. The Kier molecular flexibility index (Phi) is 5.66. The number of carbonyl (C=O) groups excluding carboxylic acids is 2. The molecule has 0 unspecified atom stereocenters. The molecule has 0 aliphatic carbocycles. The Bertz CT molecular complexity index is 1110. The summed E-state index contributed by atoms with van der Waals surface area (Å²) in [7, 11) is 0. The average Bonchev–Trinajstić information content (AvgIpc) is 2.97. The van der Waals surface area contributed by atoms with Crippen LogP contribution in [0.4, 0.5) is 11.4 Å². The third-order valence-corrected chi connectivity index (χ3v) is 4.66. The van der Waals surface area contributed by atoms with Crippen LogP contribution in [0, 0.1) is 17.0 Å². The van der Waals surface area contributed by atoms with Crippen molar-refractivity contribution in [3.8, 4) is 0 Å². The standard InChI is InChI=1S/C18H12BrClN2O6/c1-9-12-6-10(19)2-5-15(12)28-17(9)18(24)27-8-16(23)21-14-4-3-11(22(25)26)7-13(14)20/h2-7H,8H2,1H3,(H,21,23). The Labute approximate surface area is 171 Å². The Hall–Kier alpha value is -2.91. The van der Waals surface area contributed by atoms with Gasteiger partial charge < -0.3 is 14.5 Å². The van der Waals surface area contributed by atoms with E-state index in [0.717, 1.165) is 15.9 Å². The highest BCUT2D eigenvalue weighted by molar-refractivity contribution is 9.10. The minimum absolute atomic E-state index is 0.00687. The zero-order chi connectivity index (χ0) is 20.4. The second-order valence-electron chi connectivity index (χ2n) is 5.74. The number of halogens is 2. The second-order valence-corrected chi connectivity index (χ2v) is 7.07. The maximum Gasteiger partial charge on any atom is 0.375 e. The van der Waals surface area contributed by atoms with Crippen molar-refractivity contribution in [2.24, 2.45) is 0 Å². The lowest BCUT2D eigenvalue weighted by molar-refractivity contribution is -0.384. The van der Waals surface area contributed by atoms with E-state index in [2.05, 4.69) is 21.2 Å². The molecule has 144 valence electrons. The van der Waals surface area contributed by atoms with Gasteiger partial charge in [0.05, 0.1) is 15.6 Å². The van der Waals surface area contributed by atoms with Gasteiger partial charge in [0.15, 0.2) is 6.61 Å². The highest BCUT2D eigenvalue weighted by Crippen LogP contribution is 2.29. The summed E-state index contributed by atoms with van der Waals surface area (Å²) >= 11 is 9.26. The van der Waals surface area contributed by atoms with Crippen LogP contribution < -0.4 is 5.32 Å². The Morgan fingerprint density at radius 2 is 2.04 bits per heavy atom. The van der Waals surface area contributed by atoms with E-state index in [0.29, 0.717) is 11.1 Å². The Morgan fingerprint density at radius 3 is 2.71 bits per heavy atom. The maximum atomic E-state index is 12.3. The number of amides is 1. The summed E-state index contributed by atoms with van der Waals surface area (Å²) in [6.45, 7) is 1.14. The van der Waals surface area contributed by atoms with Crippen molar-refractivity contribution in [1.82, 2.24) is 0 Å². The lowest BCUT2D eigenvalue weighted by Crippen LogP contribution is -2.21. The molecule has 0 radical (unpaired) electrons. The number of carbonyl (C=O) groups is 2. The molecule has 28 heavy (non-hydrogen) atoms. The number of nitro groups is 1. The molecule has 3 aromatic rings. The van der Waals surface area contributed by atoms with Gasteiger partial charge in [-0.1, -0.05) is 27.5 Å². The van der Waals surface area contributed by atoms with Crippen LogP contribution in [-0.4, -0.2) is 23.4 Å². The summed E-state index contributed by atoms with van der Waals surface area (Å²) in [5.41, 5.74) is 1.08. The zero-order valence-corrected chi connectivity index (χ0v) is 16.7. The number of anilines is 1. The fourth-order valence-corrected chi connectivity index (χ4v) is 3.07. The number of fused-ring (bicyclic) bond motifs is 1. The number of hydrogen-bond acceptors (Lipinski definition) is 6. The molecule has 0 saturated heterocycles. The Morgan fingerprint density at radius 1 is 1.29 bits per heavy atom. The van der Waals surface area contributed by atoms with E-state index in [4.69, 9.17) is 20.8 Å². The molecule has 0 aliphatic heterocycles. The Balaban J connectivity index is 1.65. The number of nitrogens with zero attached hydrogens (tertiary/aromatic N) is 1. The molecule has 0 aliphatic rings.